The van der Waals surface area contributed by atoms with Crippen LogP contribution in [0.5, 0.6) is 5.75 Å². The van der Waals surface area contributed by atoms with Crippen LogP contribution in [-0.2, 0) is 9.09 Å². The average Bonchev–Trinajstić information content (AvgIpc) is 2.54. The first kappa shape index (κ1) is 20.5. The van der Waals surface area contributed by atoms with Gasteiger partial charge in [0, 0.05) is 0 Å². The fourth-order valence-electron chi connectivity index (χ4n) is 2.24. The van der Waals surface area contributed by atoms with Crippen molar-refractivity contribution >= 4 is 19.2 Å². The van der Waals surface area contributed by atoms with Gasteiger partial charge in [0.15, 0.2) is 0 Å². The number of rotatable bonds is 13. The van der Waals surface area contributed by atoms with Crippen LogP contribution in [0.2, 0.25) is 5.02 Å². The van der Waals surface area contributed by atoms with Crippen LogP contribution in [-0.4, -0.2) is 12.8 Å². The predicted octanol–water partition coefficient (Wildman–Crippen LogP) is 7.09. The fraction of sp³-hybridized carbons (Fsp3) is 0.667. The van der Waals surface area contributed by atoms with Gasteiger partial charge in [0.1, 0.15) is 5.75 Å². The van der Waals surface area contributed by atoms with Gasteiger partial charge in [-0.1, -0.05) is 76.1 Å². The van der Waals surface area contributed by atoms with Crippen molar-refractivity contribution in [2.24, 2.45) is 0 Å². The molecule has 0 saturated carbocycles. The van der Waals surface area contributed by atoms with Crippen molar-refractivity contribution in [2.45, 2.75) is 65.2 Å². The highest BCUT2D eigenvalue weighted by molar-refractivity contribution is 7.54. The smallest absolute Gasteiger partial charge is 0.379 e. The quantitative estimate of drug-likeness (QED) is 0.278. The molecule has 0 fully saturated rings. The molecule has 3 nitrogen and oxygen atoms in total. The summed E-state index contributed by atoms with van der Waals surface area (Å²) in [5.41, 5.74) is 0. The Balaban J connectivity index is 2.47. The molecular weight excluding hydrogens is 331 g/mol. The lowest BCUT2D eigenvalue weighted by Gasteiger charge is -2.20. The molecule has 1 aromatic carbocycles. The van der Waals surface area contributed by atoms with Gasteiger partial charge in [-0.3, -0.25) is 4.52 Å². The first-order valence-corrected chi connectivity index (χ1v) is 10.9. The summed E-state index contributed by atoms with van der Waals surface area (Å²) in [5, 5.41) is 0.465. The number of hydrogen-bond donors (Lipinski definition) is 0. The molecule has 0 radical (unpaired) electrons. The van der Waals surface area contributed by atoms with E-state index in [1.165, 1.54) is 25.7 Å². The molecule has 5 heteroatoms. The third-order valence-electron chi connectivity index (χ3n) is 3.65. The second-order valence-corrected chi connectivity index (χ2v) is 8.33. The molecule has 0 aliphatic carbocycles. The summed E-state index contributed by atoms with van der Waals surface area (Å²) in [5.74, 6) is 0.441. The van der Waals surface area contributed by atoms with Gasteiger partial charge in [-0.05, 0) is 25.0 Å². The van der Waals surface area contributed by atoms with Gasteiger partial charge in [-0.15, -0.1) is 0 Å². The van der Waals surface area contributed by atoms with Gasteiger partial charge in [-0.2, -0.15) is 0 Å². The highest BCUT2D eigenvalue weighted by Crippen LogP contribution is 2.50. The van der Waals surface area contributed by atoms with E-state index in [1.807, 2.05) is 12.1 Å². The molecular formula is C18H30ClO3P. The Morgan fingerprint density at radius 3 is 2.30 bits per heavy atom. The van der Waals surface area contributed by atoms with E-state index >= 15 is 0 Å². The summed E-state index contributed by atoms with van der Waals surface area (Å²) >= 11 is 6.09. The van der Waals surface area contributed by atoms with E-state index in [4.69, 9.17) is 20.6 Å². The first-order valence-electron chi connectivity index (χ1n) is 8.79. The molecule has 1 rings (SSSR count). The Morgan fingerprint density at radius 1 is 0.957 bits per heavy atom. The normalized spacial score (nSPS) is 13.7. The van der Waals surface area contributed by atoms with E-state index in [1.54, 1.807) is 12.1 Å². The maximum atomic E-state index is 12.9. The van der Waals surface area contributed by atoms with Crippen molar-refractivity contribution in [3.8, 4) is 5.75 Å². The third kappa shape index (κ3) is 8.79. The van der Waals surface area contributed by atoms with E-state index < -0.39 is 7.60 Å². The van der Waals surface area contributed by atoms with Crippen LogP contribution in [0.3, 0.4) is 0 Å². The highest BCUT2D eigenvalue weighted by atomic mass is 35.5. The zero-order valence-corrected chi connectivity index (χ0v) is 16.1. The van der Waals surface area contributed by atoms with Crippen molar-refractivity contribution in [3.63, 3.8) is 0 Å². The van der Waals surface area contributed by atoms with Gasteiger partial charge < -0.3 is 4.52 Å². The van der Waals surface area contributed by atoms with Gasteiger partial charge in [0.2, 0.25) is 0 Å². The zero-order valence-electron chi connectivity index (χ0n) is 14.4. The molecule has 132 valence electrons. The van der Waals surface area contributed by atoms with Gasteiger partial charge in [-0.25, -0.2) is 4.57 Å². The second kappa shape index (κ2) is 11.9. The van der Waals surface area contributed by atoms with Crippen molar-refractivity contribution < 1.29 is 13.6 Å². The molecule has 0 N–H and O–H groups in total. The molecule has 23 heavy (non-hydrogen) atoms. The average molecular weight is 361 g/mol. The lowest BCUT2D eigenvalue weighted by Crippen LogP contribution is -2.04. The largest absolute Gasteiger partial charge is 0.423 e. The minimum atomic E-state index is -3.13. The monoisotopic (exact) mass is 360 g/mol. The molecule has 0 spiro atoms. The van der Waals surface area contributed by atoms with Crippen LogP contribution >= 0.6 is 19.2 Å². The van der Waals surface area contributed by atoms with Crippen LogP contribution in [0.15, 0.2) is 24.3 Å². The van der Waals surface area contributed by atoms with Crippen molar-refractivity contribution in [2.75, 3.05) is 12.8 Å². The summed E-state index contributed by atoms with van der Waals surface area (Å²) in [6, 6.07) is 7.10. The SMILES string of the molecule is CCCCCCCCOP(=O)(CCCC)Oc1ccccc1Cl. The lowest BCUT2D eigenvalue weighted by atomic mass is 10.1. The Kier molecular flexibility index (Phi) is 10.7. The number of halogens is 1. The summed E-state index contributed by atoms with van der Waals surface area (Å²) in [6.45, 7) is 4.75. The van der Waals surface area contributed by atoms with Crippen molar-refractivity contribution in [1.82, 2.24) is 0 Å². The van der Waals surface area contributed by atoms with E-state index in [0.717, 1.165) is 25.7 Å². The van der Waals surface area contributed by atoms with Crippen LogP contribution in [0.4, 0.5) is 0 Å². The van der Waals surface area contributed by atoms with E-state index in [-0.39, 0.29) is 0 Å². The summed E-state index contributed by atoms with van der Waals surface area (Å²) in [4.78, 5) is 0. The molecule has 0 saturated heterocycles. The Hall–Kier alpha value is -0.500. The fourth-order valence-corrected chi connectivity index (χ4v) is 4.31. The number of hydrogen-bond acceptors (Lipinski definition) is 3. The van der Waals surface area contributed by atoms with E-state index in [2.05, 4.69) is 13.8 Å². The number of benzene rings is 1. The van der Waals surface area contributed by atoms with Gasteiger partial charge in [0.25, 0.3) is 0 Å². The maximum Gasteiger partial charge on any atom is 0.379 e. The molecule has 0 bridgehead atoms. The molecule has 1 atom stereocenters. The molecule has 1 aromatic rings. The summed E-state index contributed by atoms with van der Waals surface area (Å²) in [7, 11) is -3.13. The van der Waals surface area contributed by atoms with Crippen molar-refractivity contribution in [1.29, 1.82) is 0 Å². The van der Waals surface area contributed by atoms with Crippen LogP contribution in [0.25, 0.3) is 0 Å². The molecule has 0 aliphatic rings. The Bertz CT molecular complexity index is 479. The number of unbranched alkanes of at least 4 members (excludes halogenated alkanes) is 6. The second-order valence-electron chi connectivity index (χ2n) is 5.81. The predicted molar refractivity (Wildman–Crippen MR) is 98.8 cm³/mol. The highest BCUT2D eigenvalue weighted by Gasteiger charge is 2.26. The minimum Gasteiger partial charge on any atom is -0.423 e. The third-order valence-corrected chi connectivity index (χ3v) is 5.87. The maximum absolute atomic E-state index is 12.9. The van der Waals surface area contributed by atoms with Crippen LogP contribution < -0.4 is 4.52 Å². The standard InChI is InChI=1S/C18H30ClO3P/c1-3-5-7-8-9-12-15-21-23(20,16-6-4-2)22-18-14-11-10-13-17(18)19/h10-11,13-14H,3-9,12,15-16H2,1-2H3. The summed E-state index contributed by atoms with van der Waals surface area (Å²) in [6.07, 6.45) is 9.24. The van der Waals surface area contributed by atoms with Crippen LogP contribution in [0.1, 0.15) is 65.2 Å². The minimum absolute atomic E-state index is 0.435. The van der Waals surface area contributed by atoms with E-state index in [0.29, 0.717) is 23.5 Å². The van der Waals surface area contributed by atoms with E-state index in [9.17, 15) is 4.57 Å². The Labute approximate surface area is 146 Å². The first-order chi connectivity index (χ1) is 11.1. The molecule has 0 aromatic heterocycles. The summed E-state index contributed by atoms with van der Waals surface area (Å²) < 4.78 is 24.3. The van der Waals surface area contributed by atoms with Gasteiger partial charge >= 0.3 is 7.60 Å². The lowest BCUT2D eigenvalue weighted by molar-refractivity contribution is 0.257. The molecule has 0 amide bonds. The van der Waals surface area contributed by atoms with Crippen LogP contribution in [0, 0.1) is 0 Å². The van der Waals surface area contributed by atoms with Crippen molar-refractivity contribution in [3.05, 3.63) is 29.3 Å². The number of para-hydroxylation sites is 1. The Morgan fingerprint density at radius 2 is 1.61 bits per heavy atom. The molecule has 0 aliphatic heterocycles. The topological polar surface area (TPSA) is 35.5 Å². The zero-order chi connectivity index (χ0) is 17.0. The molecule has 0 heterocycles. The molecule has 1 unspecified atom stereocenters. The van der Waals surface area contributed by atoms with Gasteiger partial charge in [0.05, 0.1) is 17.8 Å².